The standard InChI is InChI=1S/C22H24O5/c1-5-26-18-8-6-7-17-11-16(14-27-21(17)18)10-9-15-12-19(23-2)22(25-4)20(13-15)24-3/h6-13H,5,14H2,1-4H3/b10-9-. The smallest absolute Gasteiger partial charge is 0.203 e. The largest absolute Gasteiger partial charge is 0.493 e. The van der Waals surface area contributed by atoms with E-state index in [4.69, 9.17) is 23.7 Å². The highest BCUT2D eigenvalue weighted by Crippen LogP contribution is 2.39. The van der Waals surface area contributed by atoms with E-state index in [1.807, 2.05) is 49.4 Å². The molecule has 142 valence electrons. The van der Waals surface area contributed by atoms with E-state index in [0.717, 1.165) is 28.2 Å². The quantitative estimate of drug-likeness (QED) is 0.715. The lowest BCUT2D eigenvalue weighted by atomic mass is 10.1. The molecule has 1 aliphatic rings. The Morgan fingerprint density at radius 1 is 0.963 bits per heavy atom. The van der Waals surface area contributed by atoms with Gasteiger partial charge >= 0.3 is 0 Å². The van der Waals surface area contributed by atoms with E-state index < -0.39 is 0 Å². The normalized spacial score (nSPS) is 12.8. The Morgan fingerprint density at radius 2 is 1.70 bits per heavy atom. The van der Waals surface area contributed by atoms with Crippen LogP contribution in [-0.2, 0) is 0 Å². The molecule has 0 N–H and O–H groups in total. The number of methoxy groups -OCH3 is 3. The van der Waals surface area contributed by atoms with Gasteiger partial charge < -0.3 is 23.7 Å². The van der Waals surface area contributed by atoms with E-state index in [0.29, 0.717) is 30.5 Å². The van der Waals surface area contributed by atoms with Crippen LogP contribution in [-0.4, -0.2) is 34.5 Å². The fraction of sp³-hybridized carbons (Fsp3) is 0.273. The second-order valence-electron chi connectivity index (χ2n) is 5.91. The summed E-state index contributed by atoms with van der Waals surface area (Å²) in [5.41, 5.74) is 3.01. The third-order valence-electron chi connectivity index (χ3n) is 4.21. The van der Waals surface area contributed by atoms with Crippen LogP contribution in [0.25, 0.3) is 12.2 Å². The Labute approximate surface area is 159 Å². The molecule has 0 atom stereocenters. The first-order valence-corrected chi connectivity index (χ1v) is 8.77. The zero-order chi connectivity index (χ0) is 19.2. The maximum Gasteiger partial charge on any atom is 0.203 e. The summed E-state index contributed by atoms with van der Waals surface area (Å²) >= 11 is 0. The van der Waals surface area contributed by atoms with Crippen molar-refractivity contribution in [2.75, 3.05) is 34.5 Å². The first-order valence-electron chi connectivity index (χ1n) is 8.77. The van der Waals surface area contributed by atoms with Crippen molar-refractivity contribution >= 4 is 12.2 Å². The van der Waals surface area contributed by atoms with E-state index >= 15 is 0 Å². The van der Waals surface area contributed by atoms with E-state index in [9.17, 15) is 0 Å². The average Bonchev–Trinajstić information content (AvgIpc) is 2.71. The molecule has 0 amide bonds. The van der Waals surface area contributed by atoms with Crippen LogP contribution in [0.3, 0.4) is 0 Å². The SMILES string of the molecule is CCOc1cccc2c1OCC(/C=C\c1cc(OC)c(OC)c(OC)c1)=C2. The first kappa shape index (κ1) is 18.7. The molecule has 0 spiro atoms. The Morgan fingerprint density at radius 3 is 2.33 bits per heavy atom. The molecule has 2 aromatic rings. The van der Waals surface area contributed by atoms with Crippen molar-refractivity contribution < 1.29 is 23.7 Å². The van der Waals surface area contributed by atoms with Crippen molar-refractivity contribution in [1.82, 2.24) is 0 Å². The summed E-state index contributed by atoms with van der Waals surface area (Å²) in [6.07, 6.45) is 6.13. The van der Waals surface area contributed by atoms with Crippen molar-refractivity contribution in [3.05, 3.63) is 53.1 Å². The summed E-state index contributed by atoms with van der Waals surface area (Å²) in [5.74, 6) is 3.40. The molecule has 0 unspecified atom stereocenters. The van der Waals surface area contributed by atoms with Gasteiger partial charge in [0.05, 0.1) is 27.9 Å². The van der Waals surface area contributed by atoms with Gasteiger partial charge in [-0.05, 0) is 42.3 Å². The van der Waals surface area contributed by atoms with Crippen LogP contribution in [0.5, 0.6) is 28.7 Å². The number of fused-ring (bicyclic) bond motifs is 1. The van der Waals surface area contributed by atoms with Gasteiger partial charge in [0.2, 0.25) is 5.75 Å². The van der Waals surface area contributed by atoms with Crippen LogP contribution in [0.2, 0.25) is 0 Å². The van der Waals surface area contributed by atoms with Gasteiger partial charge in [0.15, 0.2) is 23.0 Å². The number of benzene rings is 2. The van der Waals surface area contributed by atoms with Gasteiger partial charge in [-0.25, -0.2) is 0 Å². The fourth-order valence-electron chi connectivity index (χ4n) is 2.96. The molecule has 5 heteroatoms. The number of ether oxygens (including phenoxy) is 5. The molecule has 3 rings (SSSR count). The Kier molecular flexibility index (Phi) is 5.91. The second kappa shape index (κ2) is 8.54. The third-order valence-corrected chi connectivity index (χ3v) is 4.21. The summed E-state index contributed by atoms with van der Waals surface area (Å²) in [6, 6.07) is 9.72. The minimum atomic E-state index is 0.484. The third kappa shape index (κ3) is 4.03. The molecule has 0 fully saturated rings. The molecular formula is C22H24O5. The fourth-order valence-corrected chi connectivity index (χ4v) is 2.96. The number of para-hydroxylation sites is 1. The summed E-state index contributed by atoms with van der Waals surface area (Å²) in [7, 11) is 4.80. The lowest BCUT2D eigenvalue weighted by Gasteiger charge is -2.19. The van der Waals surface area contributed by atoms with E-state index in [2.05, 4.69) is 6.08 Å². The summed E-state index contributed by atoms with van der Waals surface area (Å²) in [5, 5.41) is 0. The summed E-state index contributed by atoms with van der Waals surface area (Å²) in [4.78, 5) is 0. The first-order chi connectivity index (χ1) is 13.2. The minimum absolute atomic E-state index is 0.484. The highest BCUT2D eigenvalue weighted by Gasteiger charge is 2.15. The molecular weight excluding hydrogens is 344 g/mol. The summed E-state index contributed by atoms with van der Waals surface area (Å²) < 4.78 is 27.7. The molecule has 0 saturated carbocycles. The Hall–Kier alpha value is -3.08. The Bertz CT molecular complexity index is 842. The van der Waals surface area contributed by atoms with Crippen molar-refractivity contribution in [2.45, 2.75) is 6.92 Å². The number of hydrogen-bond acceptors (Lipinski definition) is 5. The van der Waals surface area contributed by atoms with Crippen molar-refractivity contribution in [2.24, 2.45) is 0 Å². The summed E-state index contributed by atoms with van der Waals surface area (Å²) in [6.45, 7) is 3.05. The molecule has 0 saturated heterocycles. The lowest BCUT2D eigenvalue weighted by Crippen LogP contribution is -2.07. The van der Waals surface area contributed by atoms with E-state index in [1.165, 1.54) is 0 Å². The topological polar surface area (TPSA) is 46.2 Å². The monoisotopic (exact) mass is 368 g/mol. The maximum atomic E-state index is 5.92. The van der Waals surface area contributed by atoms with E-state index in [1.54, 1.807) is 21.3 Å². The highest BCUT2D eigenvalue weighted by atomic mass is 16.5. The second-order valence-corrected chi connectivity index (χ2v) is 5.91. The van der Waals surface area contributed by atoms with Gasteiger partial charge in [-0.2, -0.15) is 0 Å². The maximum absolute atomic E-state index is 5.92. The zero-order valence-corrected chi connectivity index (χ0v) is 16.1. The van der Waals surface area contributed by atoms with Crippen LogP contribution < -0.4 is 23.7 Å². The molecule has 5 nitrogen and oxygen atoms in total. The van der Waals surface area contributed by atoms with Crippen LogP contribution in [0.1, 0.15) is 18.1 Å². The van der Waals surface area contributed by atoms with Gasteiger partial charge in [-0.1, -0.05) is 24.3 Å². The van der Waals surface area contributed by atoms with Gasteiger partial charge in [0.1, 0.15) is 6.61 Å². The molecule has 27 heavy (non-hydrogen) atoms. The lowest BCUT2D eigenvalue weighted by molar-refractivity contribution is 0.292. The molecule has 1 aliphatic heterocycles. The zero-order valence-electron chi connectivity index (χ0n) is 16.1. The average molecular weight is 368 g/mol. The van der Waals surface area contributed by atoms with Crippen molar-refractivity contribution in [1.29, 1.82) is 0 Å². The minimum Gasteiger partial charge on any atom is -0.493 e. The van der Waals surface area contributed by atoms with Crippen LogP contribution in [0.4, 0.5) is 0 Å². The van der Waals surface area contributed by atoms with Gasteiger partial charge in [-0.15, -0.1) is 0 Å². The van der Waals surface area contributed by atoms with Gasteiger partial charge in [-0.3, -0.25) is 0 Å². The molecule has 0 bridgehead atoms. The van der Waals surface area contributed by atoms with Crippen molar-refractivity contribution in [3.63, 3.8) is 0 Å². The van der Waals surface area contributed by atoms with Crippen molar-refractivity contribution in [3.8, 4) is 28.7 Å². The molecule has 0 radical (unpaired) electrons. The highest BCUT2D eigenvalue weighted by molar-refractivity contribution is 5.71. The number of hydrogen-bond donors (Lipinski definition) is 0. The Balaban J connectivity index is 1.88. The molecule has 2 aromatic carbocycles. The predicted octanol–water partition coefficient (Wildman–Crippen LogP) is 4.60. The molecule has 0 aliphatic carbocycles. The molecule has 0 aromatic heterocycles. The number of rotatable bonds is 7. The molecule has 1 heterocycles. The van der Waals surface area contributed by atoms with Gasteiger partial charge in [0, 0.05) is 5.56 Å². The van der Waals surface area contributed by atoms with Crippen LogP contribution in [0.15, 0.2) is 42.0 Å². The van der Waals surface area contributed by atoms with Gasteiger partial charge in [0.25, 0.3) is 0 Å². The van der Waals surface area contributed by atoms with Crippen LogP contribution in [0, 0.1) is 0 Å². The van der Waals surface area contributed by atoms with Crippen LogP contribution >= 0.6 is 0 Å². The predicted molar refractivity (Wildman–Crippen MR) is 106 cm³/mol. The van der Waals surface area contributed by atoms with E-state index in [-0.39, 0.29) is 0 Å².